The third-order valence-corrected chi connectivity index (χ3v) is 2.22. The third-order valence-electron chi connectivity index (χ3n) is 2.22. The Labute approximate surface area is 83.3 Å². The van der Waals surface area contributed by atoms with Crippen LogP contribution in [-0.2, 0) is 0 Å². The molecule has 0 amide bonds. The summed E-state index contributed by atoms with van der Waals surface area (Å²) in [5, 5.41) is 3.58. The van der Waals surface area contributed by atoms with Crippen LogP contribution in [-0.4, -0.2) is 12.1 Å². The van der Waals surface area contributed by atoms with E-state index in [4.69, 9.17) is 6.42 Å². The zero-order chi connectivity index (χ0) is 10.1. The minimum atomic E-state index is 0.466. The summed E-state index contributed by atoms with van der Waals surface area (Å²) in [5.41, 5.74) is 0. The molecular weight excluding hydrogens is 158 g/mol. The molecule has 0 saturated carbocycles. The summed E-state index contributed by atoms with van der Waals surface area (Å²) in [7, 11) is 0. The van der Waals surface area contributed by atoms with Gasteiger partial charge in [0.25, 0.3) is 0 Å². The van der Waals surface area contributed by atoms with Crippen molar-refractivity contribution in [1.82, 2.24) is 5.32 Å². The summed E-state index contributed by atoms with van der Waals surface area (Å²) in [4.78, 5) is 0. The van der Waals surface area contributed by atoms with E-state index in [1.807, 2.05) is 0 Å². The number of rotatable bonds is 7. The first-order chi connectivity index (χ1) is 6.24. The van der Waals surface area contributed by atoms with Gasteiger partial charge in [0.15, 0.2) is 0 Å². The van der Waals surface area contributed by atoms with E-state index in [9.17, 15) is 0 Å². The maximum atomic E-state index is 5.26. The van der Waals surface area contributed by atoms with Crippen LogP contribution in [0.25, 0.3) is 0 Å². The summed E-state index contributed by atoms with van der Waals surface area (Å²) in [6, 6.07) is 1.13. The van der Waals surface area contributed by atoms with Gasteiger partial charge in [0.2, 0.25) is 0 Å². The van der Waals surface area contributed by atoms with Crippen LogP contribution in [0.4, 0.5) is 0 Å². The molecule has 1 heteroatoms. The lowest BCUT2D eigenvalue weighted by Crippen LogP contribution is -2.36. The Morgan fingerprint density at radius 1 is 1.23 bits per heavy atom. The molecule has 0 aromatic rings. The Balaban J connectivity index is 3.72. The first kappa shape index (κ1) is 12.5. The molecule has 0 aliphatic heterocycles. The predicted octanol–water partition coefficient (Wildman–Crippen LogP) is 2.96. The van der Waals surface area contributed by atoms with E-state index >= 15 is 0 Å². The molecule has 0 saturated heterocycles. The first-order valence-electron chi connectivity index (χ1n) is 5.44. The lowest BCUT2D eigenvalue weighted by Gasteiger charge is -2.21. The van der Waals surface area contributed by atoms with Crippen LogP contribution in [0.5, 0.6) is 0 Å². The Hall–Kier alpha value is -0.480. The Kier molecular flexibility index (Phi) is 7.83. The second-order valence-electron chi connectivity index (χ2n) is 3.75. The predicted molar refractivity (Wildman–Crippen MR) is 59.7 cm³/mol. The molecule has 0 aromatic carbocycles. The standard InChI is InChI=1S/C12H23N/c1-5-8-11(4)13-12(9-6-2)10-7-3/h1,11-13H,6-10H2,2-4H3. The third kappa shape index (κ3) is 6.66. The van der Waals surface area contributed by atoms with E-state index in [-0.39, 0.29) is 0 Å². The van der Waals surface area contributed by atoms with Gasteiger partial charge in [-0.25, -0.2) is 0 Å². The normalized spacial score (nSPS) is 12.8. The molecule has 1 N–H and O–H groups in total. The molecule has 0 aliphatic rings. The van der Waals surface area contributed by atoms with Gasteiger partial charge in [0, 0.05) is 18.5 Å². The summed E-state index contributed by atoms with van der Waals surface area (Å²) >= 11 is 0. The van der Waals surface area contributed by atoms with E-state index in [0.717, 1.165) is 6.42 Å². The highest BCUT2D eigenvalue weighted by Gasteiger charge is 2.08. The van der Waals surface area contributed by atoms with Crippen LogP contribution >= 0.6 is 0 Å². The Bertz CT molecular complexity index is 140. The molecule has 13 heavy (non-hydrogen) atoms. The van der Waals surface area contributed by atoms with Crippen molar-refractivity contribution in [2.75, 3.05) is 0 Å². The largest absolute Gasteiger partial charge is 0.311 e. The molecule has 0 bridgehead atoms. The number of hydrogen-bond acceptors (Lipinski definition) is 1. The van der Waals surface area contributed by atoms with Crippen LogP contribution in [0.15, 0.2) is 0 Å². The second kappa shape index (κ2) is 8.13. The lowest BCUT2D eigenvalue weighted by atomic mass is 10.1. The van der Waals surface area contributed by atoms with Crippen molar-refractivity contribution in [2.45, 2.75) is 65.0 Å². The van der Waals surface area contributed by atoms with E-state index < -0.39 is 0 Å². The van der Waals surface area contributed by atoms with Crippen LogP contribution in [0.1, 0.15) is 52.9 Å². The van der Waals surface area contributed by atoms with Gasteiger partial charge in [0.1, 0.15) is 0 Å². The summed E-state index contributed by atoms with van der Waals surface area (Å²) < 4.78 is 0. The number of nitrogens with one attached hydrogen (secondary N) is 1. The van der Waals surface area contributed by atoms with Crippen molar-refractivity contribution in [3.63, 3.8) is 0 Å². The molecule has 0 aliphatic carbocycles. The molecule has 0 radical (unpaired) electrons. The van der Waals surface area contributed by atoms with Gasteiger partial charge in [0.05, 0.1) is 0 Å². The molecule has 0 heterocycles. The highest BCUT2D eigenvalue weighted by Crippen LogP contribution is 2.06. The van der Waals surface area contributed by atoms with Crippen LogP contribution < -0.4 is 5.32 Å². The summed E-state index contributed by atoms with van der Waals surface area (Å²) in [6.45, 7) is 6.63. The minimum absolute atomic E-state index is 0.466. The summed E-state index contributed by atoms with van der Waals surface area (Å²) in [5.74, 6) is 2.69. The SMILES string of the molecule is C#CCC(C)NC(CCC)CCC. The Morgan fingerprint density at radius 2 is 1.77 bits per heavy atom. The van der Waals surface area contributed by atoms with E-state index in [1.165, 1.54) is 25.7 Å². The topological polar surface area (TPSA) is 12.0 Å². The highest BCUT2D eigenvalue weighted by molar-refractivity contribution is 4.89. The van der Waals surface area contributed by atoms with Gasteiger partial charge in [-0.15, -0.1) is 12.3 Å². The molecule has 0 fully saturated rings. The molecule has 76 valence electrons. The van der Waals surface area contributed by atoms with E-state index in [1.54, 1.807) is 0 Å². The maximum absolute atomic E-state index is 5.26. The van der Waals surface area contributed by atoms with Crippen LogP contribution in [0, 0.1) is 12.3 Å². The Morgan fingerprint density at radius 3 is 2.15 bits per heavy atom. The van der Waals surface area contributed by atoms with Gasteiger partial charge in [-0.1, -0.05) is 26.7 Å². The van der Waals surface area contributed by atoms with Gasteiger partial charge < -0.3 is 5.32 Å². The van der Waals surface area contributed by atoms with Crippen molar-refractivity contribution in [2.24, 2.45) is 0 Å². The average molecular weight is 181 g/mol. The van der Waals surface area contributed by atoms with Crippen molar-refractivity contribution in [3.8, 4) is 12.3 Å². The fourth-order valence-corrected chi connectivity index (χ4v) is 1.65. The molecule has 1 unspecified atom stereocenters. The van der Waals surface area contributed by atoms with Gasteiger partial charge >= 0.3 is 0 Å². The van der Waals surface area contributed by atoms with Crippen molar-refractivity contribution in [1.29, 1.82) is 0 Å². The molecule has 0 aromatic heterocycles. The van der Waals surface area contributed by atoms with E-state index in [2.05, 4.69) is 32.0 Å². The lowest BCUT2D eigenvalue weighted by molar-refractivity contribution is 0.400. The molecular formula is C12H23N. The molecule has 1 nitrogen and oxygen atoms in total. The van der Waals surface area contributed by atoms with Crippen molar-refractivity contribution >= 4 is 0 Å². The average Bonchev–Trinajstić information content (AvgIpc) is 2.05. The highest BCUT2D eigenvalue weighted by atomic mass is 14.9. The van der Waals surface area contributed by atoms with Crippen molar-refractivity contribution in [3.05, 3.63) is 0 Å². The van der Waals surface area contributed by atoms with E-state index in [0.29, 0.717) is 12.1 Å². The van der Waals surface area contributed by atoms with Crippen LogP contribution in [0.3, 0.4) is 0 Å². The first-order valence-corrected chi connectivity index (χ1v) is 5.44. The van der Waals surface area contributed by atoms with Crippen molar-refractivity contribution < 1.29 is 0 Å². The smallest absolute Gasteiger partial charge is 0.0238 e. The quantitative estimate of drug-likeness (QED) is 0.595. The second-order valence-corrected chi connectivity index (χ2v) is 3.75. The molecule has 1 atom stereocenters. The van der Waals surface area contributed by atoms with Gasteiger partial charge in [-0.3, -0.25) is 0 Å². The monoisotopic (exact) mass is 181 g/mol. The van der Waals surface area contributed by atoms with Gasteiger partial charge in [-0.2, -0.15) is 0 Å². The number of terminal acetylenes is 1. The fourth-order valence-electron chi connectivity index (χ4n) is 1.65. The van der Waals surface area contributed by atoms with Crippen LogP contribution in [0.2, 0.25) is 0 Å². The molecule has 0 rings (SSSR count). The summed E-state index contributed by atoms with van der Waals surface area (Å²) in [6.07, 6.45) is 11.1. The maximum Gasteiger partial charge on any atom is 0.0238 e. The zero-order valence-corrected chi connectivity index (χ0v) is 9.27. The zero-order valence-electron chi connectivity index (χ0n) is 9.27. The number of hydrogen-bond donors (Lipinski definition) is 1. The molecule has 0 spiro atoms. The van der Waals surface area contributed by atoms with Gasteiger partial charge in [-0.05, 0) is 19.8 Å². The fraction of sp³-hybridized carbons (Fsp3) is 0.833. The minimum Gasteiger partial charge on any atom is -0.311 e.